The molecule has 1 unspecified atom stereocenters. The first kappa shape index (κ1) is 15.4. The van der Waals surface area contributed by atoms with Gasteiger partial charge in [-0.1, -0.05) is 33.6 Å². The van der Waals surface area contributed by atoms with E-state index in [2.05, 4.69) is 12.2 Å². The molecule has 0 aliphatic rings. The molecule has 0 aliphatic carbocycles. The predicted octanol–water partition coefficient (Wildman–Crippen LogP) is 1.73. The van der Waals surface area contributed by atoms with Gasteiger partial charge in [0.1, 0.15) is 6.04 Å². The van der Waals surface area contributed by atoms with E-state index in [0.717, 1.165) is 6.42 Å². The van der Waals surface area contributed by atoms with Crippen LogP contribution >= 0.6 is 0 Å². The molecule has 0 fully saturated rings. The van der Waals surface area contributed by atoms with Crippen molar-refractivity contribution in [2.75, 3.05) is 20.3 Å². The second-order valence-corrected chi connectivity index (χ2v) is 4.18. The van der Waals surface area contributed by atoms with Crippen molar-refractivity contribution in [3.05, 3.63) is 0 Å². The SMILES string of the molecule is CCCCCOCC(NC(C)C)C(=O)OC. The van der Waals surface area contributed by atoms with Gasteiger partial charge in [-0.2, -0.15) is 0 Å². The smallest absolute Gasteiger partial charge is 0.325 e. The summed E-state index contributed by atoms with van der Waals surface area (Å²) in [5.41, 5.74) is 0. The minimum absolute atomic E-state index is 0.239. The van der Waals surface area contributed by atoms with E-state index >= 15 is 0 Å². The number of hydrogen-bond acceptors (Lipinski definition) is 4. The van der Waals surface area contributed by atoms with Crippen LogP contribution in [-0.2, 0) is 14.3 Å². The van der Waals surface area contributed by atoms with E-state index in [0.29, 0.717) is 13.2 Å². The summed E-state index contributed by atoms with van der Waals surface area (Å²) < 4.78 is 10.2. The summed E-state index contributed by atoms with van der Waals surface area (Å²) in [6.07, 6.45) is 3.39. The summed E-state index contributed by atoms with van der Waals surface area (Å²) in [5.74, 6) is -0.260. The molecule has 1 N–H and O–H groups in total. The van der Waals surface area contributed by atoms with E-state index in [9.17, 15) is 4.79 Å². The Morgan fingerprint density at radius 3 is 2.50 bits per heavy atom. The van der Waals surface area contributed by atoms with Crippen LogP contribution in [0, 0.1) is 0 Å². The number of carbonyl (C=O) groups is 1. The van der Waals surface area contributed by atoms with E-state index in [4.69, 9.17) is 9.47 Å². The Bertz CT molecular complexity index is 183. The molecule has 0 saturated carbocycles. The van der Waals surface area contributed by atoms with E-state index in [-0.39, 0.29) is 18.1 Å². The normalized spacial score (nSPS) is 12.8. The number of unbranched alkanes of at least 4 members (excludes halogenated alkanes) is 2. The largest absolute Gasteiger partial charge is 0.468 e. The fraction of sp³-hybridized carbons (Fsp3) is 0.917. The fourth-order valence-electron chi connectivity index (χ4n) is 1.38. The maximum atomic E-state index is 11.4. The zero-order valence-corrected chi connectivity index (χ0v) is 10.9. The van der Waals surface area contributed by atoms with Crippen molar-refractivity contribution in [1.29, 1.82) is 0 Å². The Morgan fingerprint density at radius 2 is 2.00 bits per heavy atom. The highest BCUT2D eigenvalue weighted by Gasteiger charge is 2.19. The van der Waals surface area contributed by atoms with Crippen molar-refractivity contribution in [2.24, 2.45) is 0 Å². The van der Waals surface area contributed by atoms with Gasteiger partial charge in [-0.15, -0.1) is 0 Å². The van der Waals surface area contributed by atoms with Gasteiger partial charge in [-0.3, -0.25) is 4.79 Å². The second kappa shape index (κ2) is 9.60. The third kappa shape index (κ3) is 7.65. The fourth-order valence-corrected chi connectivity index (χ4v) is 1.38. The van der Waals surface area contributed by atoms with Crippen LogP contribution in [0.5, 0.6) is 0 Å². The van der Waals surface area contributed by atoms with Crippen LogP contribution < -0.4 is 5.32 Å². The lowest BCUT2D eigenvalue weighted by Gasteiger charge is -2.18. The summed E-state index contributed by atoms with van der Waals surface area (Å²) in [4.78, 5) is 11.4. The number of nitrogens with one attached hydrogen (secondary N) is 1. The van der Waals surface area contributed by atoms with Crippen LogP contribution in [0.15, 0.2) is 0 Å². The molecule has 0 aromatic rings. The minimum Gasteiger partial charge on any atom is -0.468 e. The summed E-state index contributed by atoms with van der Waals surface area (Å²) in [7, 11) is 1.40. The Labute approximate surface area is 98.7 Å². The molecule has 4 heteroatoms. The van der Waals surface area contributed by atoms with E-state index in [1.165, 1.54) is 20.0 Å². The van der Waals surface area contributed by atoms with Gasteiger partial charge < -0.3 is 14.8 Å². The van der Waals surface area contributed by atoms with Crippen LogP contribution in [0.3, 0.4) is 0 Å². The number of esters is 1. The molecule has 0 heterocycles. The molecule has 1 atom stereocenters. The lowest BCUT2D eigenvalue weighted by molar-refractivity contribution is -0.145. The van der Waals surface area contributed by atoms with E-state index in [1.807, 2.05) is 13.8 Å². The van der Waals surface area contributed by atoms with E-state index < -0.39 is 0 Å². The monoisotopic (exact) mass is 231 g/mol. The third-order valence-electron chi connectivity index (χ3n) is 2.20. The molecule has 96 valence electrons. The Hall–Kier alpha value is -0.610. The predicted molar refractivity (Wildman–Crippen MR) is 64.4 cm³/mol. The molecule has 0 aliphatic heterocycles. The molecule has 0 amide bonds. The van der Waals surface area contributed by atoms with Crippen LogP contribution in [0.2, 0.25) is 0 Å². The first-order valence-corrected chi connectivity index (χ1v) is 6.03. The molecule has 0 aromatic carbocycles. The number of rotatable bonds is 9. The standard InChI is InChI=1S/C12H25NO3/c1-5-6-7-8-16-9-11(12(14)15-4)13-10(2)3/h10-11,13H,5-9H2,1-4H3. The molecule has 0 radical (unpaired) electrons. The number of methoxy groups -OCH3 is 1. The quantitative estimate of drug-likeness (QED) is 0.485. The lowest BCUT2D eigenvalue weighted by atomic mass is 10.2. The average Bonchev–Trinajstić information content (AvgIpc) is 2.25. The Kier molecular flexibility index (Phi) is 9.24. The molecule has 0 rings (SSSR count). The van der Waals surface area contributed by atoms with Crippen molar-refractivity contribution in [3.8, 4) is 0 Å². The Morgan fingerprint density at radius 1 is 1.31 bits per heavy atom. The van der Waals surface area contributed by atoms with Gasteiger partial charge in [-0.25, -0.2) is 0 Å². The van der Waals surface area contributed by atoms with Crippen LogP contribution in [0.1, 0.15) is 40.0 Å². The van der Waals surface area contributed by atoms with Gasteiger partial charge in [0, 0.05) is 12.6 Å². The highest BCUT2D eigenvalue weighted by molar-refractivity contribution is 5.75. The van der Waals surface area contributed by atoms with Gasteiger partial charge in [0.15, 0.2) is 0 Å². The Balaban J connectivity index is 3.79. The van der Waals surface area contributed by atoms with Gasteiger partial charge in [0.05, 0.1) is 13.7 Å². The highest BCUT2D eigenvalue weighted by Crippen LogP contribution is 1.97. The first-order valence-electron chi connectivity index (χ1n) is 6.03. The molecular formula is C12H25NO3. The summed E-state index contributed by atoms with van der Waals surface area (Å²) in [5, 5.41) is 3.12. The summed E-state index contributed by atoms with van der Waals surface area (Å²) >= 11 is 0. The highest BCUT2D eigenvalue weighted by atomic mass is 16.5. The van der Waals surface area contributed by atoms with Gasteiger partial charge in [0.25, 0.3) is 0 Å². The lowest BCUT2D eigenvalue weighted by Crippen LogP contribution is -2.44. The van der Waals surface area contributed by atoms with Gasteiger partial charge in [-0.05, 0) is 6.42 Å². The van der Waals surface area contributed by atoms with Gasteiger partial charge in [0.2, 0.25) is 0 Å². The van der Waals surface area contributed by atoms with Crippen molar-refractivity contribution in [1.82, 2.24) is 5.32 Å². The van der Waals surface area contributed by atoms with Crippen LogP contribution in [0.4, 0.5) is 0 Å². The molecular weight excluding hydrogens is 206 g/mol. The van der Waals surface area contributed by atoms with Crippen molar-refractivity contribution in [3.63, 3.8) is 0 Å². The zero-order valence-electron chi connectivity index (χ0n) is 10.9. The van der Waals surface area contributed by atoms with Crippen molar-refractivity contribution in [2.45, 2.75) is 52.1 Å². The van der Waals surface area contributed by atoms with Crippen LogP contribution in [0.25, 0.3) is 0 Å². The average molecular weight is 231 g/mol. The number of ether oxygens (including phenoxy) is 2. The topological polar surface area (TPSA) is 47.6 Å². The minimum atomic E-state index is -0.355. The summed E-state index contributed by atoms with van der Waals surface area (Å²) in [6, 6.07) is -0.116. The van der Waals surface area contributed by atoms with Crippen molar-refractivity contribution < 1.29 is 14.3 Å². The number of hydrogen-bond donors (Lipinski definition) is 1. The van der Waals surface area contributed by atoms with Gasteiger partial charge >= 0.3 is 5.97 Å². The first-order chi connectivity index (χ1) is 7.61. The molecule has 16 heavy (non-hydrogen) atoms. The summed E-state index contributed by atoms with van der Waals surface area (Å²) in [6.45, 7) is 7.23. The zero-order chi connectivity index (χ0) is 12.4. The third-order valence-corrected chi connectivity index (χ3v) is 2.20. The molecule has 4 nitrogen and oxygen atoms in total. The molecule has 0 spiro atoms. The molecule has 0 bridgehead atoms. The van der Waals surface area contributed by atoms with Crippen LogP contribution in [-0.4, -0.2) is 38.4 Å². The van der Waals surface area contributed by atoms with E-state index in [1.54, 1.807) is 0 Å². The maximum absolute atomic E-state index is 11.4. The molecule has 0 aromatic heterocycles. The number of carbonyl (C=O) groups excluding carboxylic acids is 1. The van der Waals surface area contributed by atoms with Crippen molar-refractivity contribution >= 4 is 5.97 Å². The maximum Gasteiger partial charge on any atom is 0.325 e. The molecule has 0 saturated heterocycles. The second-order valence-electron chi connectivity index (χ2n) is 4.18.